The molecule has 7 nitrogen and oxygen atoms in total. The Labute approximate surface area is 147 Å². The van der Waals surface area contributed by atoms with Crippen LogP contribution in [-0.4, -0.2) is 58.1 Å². The number of hydrogen-bond acceptors (Lipinski definition) is 4. The number of rotatable bonds is 3. The third-order valence-corrected chi connectivity index (χ3v) is 3.96. The van der Waals surface area contributed by atoms with Crippen LogP contribution in [0.25, 0.3) is 0 Å². The monoisotopic (exact) mass is 348 g/mol. The summed E-state index contributed by atoms with van der Waals surface area (Å²) < 4.78 is 5.35. The highest BCUT2D eigenvalue weighted by Gasteiger charge is 2.36. The first-order valence-corrected chi connectivity index (χ1v) is 8.11. The molecule has 0 unspecified atom stereocenters. The lowest BCUT2D eigenvalue weighted by molar-refractivity contribution is -0.146. The molecule has 1 atom stereocenters. The van der Waals surface area contributed by atoms with Gasteiger partial charge in [0.1, 0.15) is 18.2 Å². The van der Waals surface area contributed by atoms with Crippen LogP contribution in [0.5, 0.6) is 0 Å². The number of amides is 2. The van der Waals surface area contributed by atoms with E-state index in [2.05, 4.69) is 0 Å². The van der Waals surface area contributed by atoms with Crippen molar-refractivity contribution in [2.75, 3.05) is 13.6 Å². The van der Waals surface area contributed by atoms with Gasteiger partial charge in [-0.15, -0.1) is 0 Å². The molecule has 1 aliphatic heterocycles. The topological polar surface area (TPSA) is 87.2 Å². The van der Waals surface area contributed by atoms with E-state index in [-0.39, 0.29) is 6.54 Å². The van der Waals surface area contributed by atoms with E-state index in [1.807, 2.05) is 24.3 Å². The molecular formula is C18H24N2O5. The number of carbonyl (C=O) groups excluding carboxylic acids is 2. The van der Waals surface area contributed by atoms with Gasteiger partial charge in [0.05, 0.1) is 0 Å². The summed E-state index contributed by atoms with van der Waals surface area (Å²) in [6.45, 7) is 5.05. The van der Waals surface area contributed by atoms with Crippen LogP contribution in [0.15, 0.2) is 24.3 Å². The van der Waals surface area contributed by atoms with Crippen molar-refractivity contribution in [3.63, 3.8) is 0 Å². The first kappa shape index (κ1) is 18.8. The Balaban J connectivity index is 2.33. The number of hydrogen-bond donors (Lipinski definition) is 1. The number of likely N-dealkylation sites (N-methyl/N-ethyl adjacent to an activating group) is 1. The summed E-state index contributed by atoms with van der Waals surface area (Å²) in [4.78, 5) is 38.9. The highest BCUT2D eigenvalue weighted by molar-refractivity contribution is 5.89. The molecule has 136 valence electrons. The number of carbonyl (C=O) groups is 3. The minimum atomic E-state index is -1.09. The van der Waals surface area contributed by atoms with Crippen molar-refractivity contribution in [3.8, 4) is 0 Å². The molecule has 0 fully saturated rings. The third-order valence-electron chi connectivity index (χ3n) is 3.96. The second-order valence-electron chi connectivity index (χ2n) is 7.17. The molecule has 1 heterocycles. The Morgan fingerprint density at radius 2 is 1.88 bits per heavy atom. The van der Waals surface area contributed by atoms with Crippen LogP contribution in [0.4, 0.5) is 4.79 Å². The minimum absolute atomic E-state index is 0.208. The van der Waals surface area contributed by atoms with Crippen molar-refractivity contribution in [2.45, 2.75) is 45.4 Å². The molecule has 0 bridgehead atoms. The highest BCUT2D eigenvalue weighted by Crippen LogP contribution is 2.23. The Morgan fingerprint density at radius 1 is 1.28 bits per heavy atom. The Kier molecular flexibility index (Phi) is 5.35. The van der Waals surface area contributed by atoms with E-state index in [9.17, 15) is 14.4 Å². The van der Waals surface area contributed by atoms with E-state index in [0.29, 0.717) is 6.42 Å². The molecule has 0 aliphatic carbocycles. The summed E-state index contributed by atoms with van der Waals surface area (Å²) in [5.74, 6) is -1.49. The van der Waals surface area contributed by atoms with E-state index in [1.54, 1.807) is 20.8 Å². The second-order valence-corrected chi connectivity index (χ2v) is 7.17. The number of benzene rings is 1. The SMILES string of the molecule is CN(C(=O)OC(C)(C)C)[C@H]1Cc2ccccc2CN(CC(=O)O)C1=O. The van der Waals surface area contributed by atoms with Crippen LogP contribution < -0.4 is 0 Å². The zero-order valence-corrected chi connectivity index (χ0v) is 15.0. The number of carboxylic acid groups (broad SMARTS) is 1. The van der Waals surface area contributed by atoms with Crippen molar-refractivity contribution in [1.29, 1.82) is 0 Å². The molecule has 25 heavy (non-hydrogen) atoms. The fraction of sp³-hybridized carbons (Fsp3) is 0.500. The van der Waals surface area contributed by atoms with Gasteiger partial charge in [0.25, 0.3) is 0 Å². The summed E-state index contributed by atoms with van der Waals surface area (Å²) in [5.41, 5.74) is 1.12. The minimum Gasteiger partial charge on any atom is -0.480 e. The smallest absolute Gasteiger partial charge is 0.410 e. The van der Waals surface area contributed by atoms with Gasteiger partial charge in [0.15, 0.2) is 0 Å². The molecule has 1 aromatic carbocycles. The Hall–Kier alpha value is -2.57. The summed E-state index contributed by atoms with van der Waals surface area (Å²) in [6.07, 6.45) is -0.290. The zero-order chi connectivity index (χ0) is 18.8. The first-order valence-electron chi connectivity index (χ1n) is 8.11. The number of nitrogens with zero attached hydrogens (tertiary/aromatic N) is 2. The molecule has 1 aliphatic rings. The molecule has 2 rings (SSSR count). The van der Waals surface area contributed by atoms with E-state index in [1.165, 1.54) is 16.8 Å². The van der Waals surface area contributed by atoms with Crippen LogP contribution in [-0.2, 0) is 27.3 Å². The van der Waals surface area contributed by atoms with Crippen molar-refractivity contribution in [3.05, 3.63) is 35.4 Å². The maximum atomic E-state index is 12.9. The molecule has 1 N–H and O–H groups in total. The van der Waals surface area contributed by atoms with Gasteiger partial charge in [0.2, 0.25) is 5.91 Å². The van der Waals surface area contributed by atoms with Crippen LogP contribution in [0.3, 0.4) is 0 Å². The molecule has 0 radical (unpaired) electrons. The van der Waals surface area contributed by atoms with Crippen LogP contribution >= 0.6 is 0 Å². The number of aliphatic carboxylic acids is 1. The van der Waals surface area contributed by atoms with Gasteiger partial charge in [0, 0.05) is 20.0 Å². The molecule has 0 spiro atoms. The summed E-state index contributed by atoms with van der Waals surface area (Å²) in [6, 6.07) is 6.66. The highest BCUT2D eigenvalue weighted by atomic mass is 16.6. The van der Waals surface area contributed by atoms with Gasteiger partial charge >= 0.3 is 12.1 Å². The Bertz CT molecular complexity index is 680. The zero-order valence-electron chi connectivity index (χ0n) is 15.0. The van der Waals surface area contributed by atoms with Crippen LogP contribution in [0.2, 0.25) is 0 Å². The molecular weight excluding hydrogens is 324 g/mol. The molecule has 1 aromatic rings. The third kappa shape index (κ3) is 4.71. The quantitative estimate of drug-likeness (QED) is 0.901. The van der Waals surface area contributed by atoms with Gasteiger partial charge in [-0.05, 0) is 31.9 Å². The number of carboxylic acids is 1. The van der Waals surface area contributed by atoms with Gasteiger partial charge in [-0.25, -0.2) is 4.79 Å². The van der Waals surface area contributed by atoms with Gasteiger partial charge in [-0.2, -0.15) is 0 Å². The second kappa shape index (κ2) is 7.13. The fourth-order valence-corrected chi connectivity index (χ4v) is 2.76. The summed E-state index contributed by atoms with van der Waals surface area (Å²) in [7, 11) is 1.50. The molecule has 7 heteroatoms. The number of fused-ring (bicyclic) bond motifs is 1. The van der Waals surface area contributed by atoms with Gasteiger partial charge in [-0.1, -0.05) is 24.3 Å². The van der Waals surface area contributed by atoms with E-state index >= 15 is 0 Å². The fourth-order valence-electron chi connectivity index (χ4n) is 2.76. The number of ether oxygens (including phenoxy) is 1. The predicted molar refractivity (Wildman–Crippen MR) is 91.0 cm³/mol. The van der Waals surface area contributed by atoms with Crippen molar-refractivity contribution in [2.24, 2.45) is 0 Å². The maximum Gasteiger partial charge on any atom is 0.410 e. The van der Waals surface area contributed by atoms with Crippen molar-refractivity contribution in [1.82, 2.24) is 9.80 Å². The van der Waals surface area contributed by atoms with Crippen LogP contribution in [0.1, 0.15) is 31.9 Å². The normalized spacial score (nSPS) is 17.5. The van der Waals surface area contributed by atoms with Crippen molar-refractivity contribution >= 4 is 18.0 Å². The lowest BCUT2D eigenvalue weighted by Crippen LogP contribution is -2.51. The largest absolute Gasteiger partial charge is 0.480 e. The Morgan fingerprint density at radius 3 is 2.44 bits per heavy atom. The van der Waals surface area contributed by atoms with E-state index in [0.717, 1.165) is 11.1 Å². The van der Waals surface area contributed by atoms with Crippen LogP contribution in [0, 0.1) is 0 Å². The molecule has 0 aromatic heterocycles. The average Bonchev–Trinajstić information content (AvgIpc) is 2.62. The lowest BCUT2D eigenvalue weighted by atomic mass is 10.0. The van der Waals surface area contributed by atoms with E-state index < -0.39 is 36.2 Å². The van der Waals surface area contributed by atoms with Gasteiger partial charge < -0.3 is 14.7 Å². The maximum absolute atomic E-state index is 12.9. The molecule has 0 saturated carbocycles. The lowest BCUT2D eigenvalue weighted by Gasteiger charge is -2.31. The van der Waals surface area contributed by atoms with Crippen molar-refractivity contribution < 1.29 is 24.2 Å². The predicted octanol–water partition coefficient (Wildman–Crippen LogP) is 1.89. The van der Waals surface area contributed by atoms with E-state index in [4.69, 9.17) is 9.84 Å². The first-order chi connectivity index (χ1) is 11.6. The van der Waals surface area contributed by atoms with Gasteiger partial charge in [-0.3, -0.25) is 14.5 Å². The standard InChI is InChI=1S/C18H24N2O5/c1-18(2,3)25-17(24)19(4)14-9-12-7-5-6-8-13(12)10-20(16(14)23)11-15(21)22/h5-8,14H,9-11H2,1-4H3,(H,21,22)/t14-/m0/s1. The summed E-state index contributed by atoms with van der Waals surface area (Å²) >= 11 is 0. The molecule has 0 saturated heterocycles. The molecule has 2 amide bonds. The average molecular weight is 348 g/mol. The summed E-state index contributed by atoms with van der Waals surface area (Å²) in [5, 5.41) is 9.11.